The van der Waals surface area contributed by atoms with Crippen LogP contribution in [-0.4, -0.2) is 55.2 Å². The van der Waals surface area contributed by atoms with Gasteiger partial charge in [0, 0.05) is 28.5 Å². The highest BCUT2D eigenvalue weighted by atomic mass is 16.6. The molecule has 1 saturated heterocycles. The Balaban J connectivity index is 1.38. The summed E-state index contributed by atoms with van der Waals surface area (Å²) in [5.41, 5.74) is 4.82. The number of nitrogens with zero attached hydrogens (tertiary/aromatic N) is 2. The fourth-order valence-corrected chi connectivity index (χ4v) is 4.35. The molecule has 2 aromatic rings. The van der Waals surface area contributed by atoms with Gasteiger partial charge in [0.2, 0.25) is 0 Å². The van der Waals surface area contributed by atoms with Crippen LogP contribution in [0.5, 0.6) is 0 Å². The van der Waals surface area contributed by atoms with E-state index in [1.807, 2.05) is 48.5 Å². The lowest BCUT2D eigenvalue weighted by atomic mass is 10.0. The summed E-state index contributed by atoms with van der Waals surface area (Å²) in [7, 11) is 2.08. The van der Waals surface area contributed by atoms with Crippen molar-refractivity contribution >= 4 is 34.5 Å². The molecule has 8 nitrogen and oxygen atoms in total. The van der Waals surface area contributed by atoms with Crippen LogP contribution < -0.4 is 16.0 Å². The van der Waals surface area contributed by atoms with E-state index in [-0.39, 0.29) is 24.5 Å². The highest BCUT2D eigenvalue weighted by Crippen LogP contribution is 2.38. The number of hydrogen-bond donors (Lipinski definition) is 3. The Hall–Kier alpha value is -3.65. The van der Waals surface area contributed by atoms with Gasteiger partial charge in [-0.3, -0.25) is 9.59 Å². The summed E-state index contributed by atoms with van der Waals surface area (Å²) in [6.45, 7) is 1.76. The van der Waals surface area contributed by atoms with Crippen LogP contribution in [0, 0.1) is 0 Å². The molecule has 0 atom stereocenters. The molecular weight excluding hydrogens is 406 g/mol. The van der Waals surface area contributed by atoms with E-state index in [1.54, 1.807) is 0 Å². The Bertz CT molecular complexity index is 1130. The molecule has 1 fully saturated rings. The number of piperidine rings is 1. The number of carbonyl (C=O) groups excluding carboxylic acids is 2. The molecule has 3 heterocycles. The van der Waals surface area contributed by atoms with E-state index in [4.69, 9.17) is 4.84 Å². The third-order valence-electron chi connectivity index (χ3n) is 6.04. The number of likely N-dealkylation sites (tertiary alicyclic amines) is 1. The van der Waals surface area contributed by atoms with Gasteiger partial charge >= 0.3 is 0 Å². The average Bonchev–Trinajstić information content (AvgIpc) is 3.31. The molecule has 0 aromatic heterocycles. The van der Waals surface area contributed by atoms with Crippen LogP contribution in [0.25, 0.3) is 5.57 Å². The van der Waals surface area contributed by atoms with E-state index in [9.17, 15) is 9.59 Å². The zero-order valence-corrected chi connectivity index (χ0v) is 17.9. The smallest absolute Gasteiger partial charge is 0.260 e. The third kappa shape index (κ3) is 3.85. The van der Waals surface area contributed by atoms with Crippen molar-refractivity contribution in [3.63, 3.8) is 0 Å². The molecule has 164 valence electrons. The second-order valence-electron chi connectivity index (χ2n) is 8.28. The Labute approximate surface area is 186 Å². The number of anilines is 2. The second-order valence-corrected chi connectivity index (χ2v) is 8.28. The van der Waals surface area contributed by atoms with Crippen LogP contribution in [0.3, 0.4) is 0 Å². The minimum atomic E-state index is -0.200. The molecule has 0 saturated carbocycles. The number of hydrogen-bond acceptors (Lipinski definition) is 6. The van der Waals surface area contributed by atoms with Crippen LogP contribution >= 0.6 is 0 Å². The minimum Gasteiger partial charge on any atom is -0.385 e. The molecule has 0 aliphatic carbocycles. The van der Waals surface area contributed by atoms with Crippen LogP contribution in [0.1, 0.15) is 24.0 Å². The van der Waals surface area contributed by atoms with Crippen molar-refractivity contribution in [2.24, 2.45) is 5.16 Å². The van der Waals surface area contributed by atoms with E-state index < -0.39 is 0 Å². The topological polar surface area (TPSA) is 95.1 Å². The quantitative estimate of drug-likeness (QED) is 0.511. The molecule has 32 heavy (non-hydrogen) atoms. The van der Waals surface area contributed by atoms with Gasteiger partial charge in [0.05, 0.1) is 11.3 Å². The SMILES string of the molecule is CN1CCC(NC(=O)CO/N=C2/C(=C3/C(=O)Nc4ccccc43)Nc3ccccc32)CC1. The van der Waals surface area contributed by atoms with Gasteiger partial charge in [0.1, 0.15) is 5.71 Å². The standard InChI is InChI=1S/C24H25N5O3/c1-29-12-10-15(11-13-29)25-20(30)14-32-28-22-17-7-3-5-9-19(17)26-23(22)21-16-6-2-4-8-18(16)27-24(21)31/h2-9,15,26H,10-14H2,1H3,(H,25,30)(H,27,31)/b23-21-,28-22+. The van der Waals surface area contributed by atoms with Crippen molar-refractivity contribution < 1.29 is 14.4 Å². The largest absolute Gasteiger partial charge is 0.385 e. The van der Waals surface area contributed by atoms with Gasteiger partial charge in [-0.2, -0.15) is 0 Å². The first-order valence-electron chi connectivity index (χ1n) is 10.8. The zero-order valence-electron chi connectivity index (χ0n) is 17.9. The molecule has 0 radical (unpaired) electrons. The van der Waals surface area contributed by atoms with Crippen molar-refractivity contribution in [3.05, 3.63) is 65.4 Å². The van der Waals surface area contributed by atoms with E-state index in [0.717, 1.165) is 48.4 Å². The summed E-state index contributed by atoms with van der Waals surface area (Å²) in [4.78, 5) is 32.8. The number of fused-ring (bicyclic) bond motifs is 2. The second kappa shape index (κ2) is 8.47. The van der Waals surface area contributed by atoms with Crippen molar-refractivity contribution in [2.45, 2.75) is 18.9 Å². The molecule has 2 amide bonds. The highest BCUT2D eigenvalue weighted by molar-refractivity contribution is 6.39. The molecule has 0 bridgehead atoms. The normalized spacial score (nSPS) is 21.7. The molecular formula is C24H25N5O3. The Morgan fingerprint density at radius 3 is 2.47 bits per heavy atom. The maximum Gasteiger partial charge on any atom is 0.260 e. The van der Waals surface area contributed by atoms with Crippen molar-refractivity contribution in [1.29, 1.82) is 0 Å². The average molecular weight is 431 g/mol. The fourth-order valence-electron chi connectivity index (χ4n) is 4.35. The lowest BCUT2D eigenvalue weighted by Gasteiger charge is -2.29. The maximum absolute atomic E-state index is 12.8. The summed E-state index contributed by atoms with van der Waals surface area (Å²) in [5.74, 6) is -0.393. The Morgan fingerprint density at radius 2 is 1.72 bits per heavy atom. The minimum absolute atomic E-state index is 0.167. The van der Waals surface area contributed by atoms with Crippen molar-refractivity contribution in [1.82, 2.24) is 10.2 Å². The van der Waals surface area contributed by atoms with Gasteiger partial charge in [0.15, 0.2) is 6.61 Å². The van der Waals surface area contributed by atoms with Crippen LogP contribution in [0.15, 0.2) is 59.4 Å². The number of oxime groups is 1. The van der Waals surface area contributed by atoms with Gasteiger partial charge in [0.25, 0.3) is 11.8 Å². The van der Waals surface area contributed by atoms with Crippen molar-refractivity contribution in [2.75, 3.05) is 37.4 Å². The summed E-state index contributed by atoms with van der Waals surface area (Å²) >= 11 is 0. The zero-order chi connectivity index (χ0) is 22.1. The number of allylic oxidation sites excluding steroid dienone is 1. The number of carbonyl (C=O) groups is 2. The van der Waals surface area contributed by atoms with Gasteiger partial charge in [-0.15, -0.1) is 0 Å². The monoisotopic (exact) mass is 431 g/mol. The van der Waals surface area contributed by atoms with Gasteiger partial charge in [-0.05, 0) is 45.1 Å². The fraction of sp³-hybridized carbons (Fsp3) is 0.292. The maximum atomic E-state index is 12.8. The van der Waals surface area contributed by atoms with Gasteiger partial charge < -0.3 is 25.7 Å². The molecule has 3 N–H and O–H groups in total. The predicted octanol–water partition coefficient (Wildman–Crippen LogP) is 2.41. The summed E-state index contributed by atoms with van der Waals surface area (Å²) < 4.78 is 0. The van der Waals surface area contributed by atoms with Crippen LogP contribution in [0.4, 0.5) is 11.4 Å². The van der Waals surface area contributed by atoms with Gasteiger partial charge in [-0.25, -0.2) is 0 Å². The molecule has 0 unspecified atom stereocenters. The number of amides is 2. The van der Waals surface area contributed by atoms with E-state index >= 15 is 0 Å². The number of para-hydroxylation sites is 2. The molecule has 0 spiro atoms. The molecule has 3 aliphatic rings. The number of benzene rings is 2. The summed E-state index contributed by atoms with van der Waals surface area (Å²) in [5, 5.41) is 13.5. The number of rotatable bonds is 4. The van der Waals surface area contributed by atoms with E-state index in [2.05, 4.69) is 33.1 Å². The van der Waals surface area contributed by atoms with Crippen LogP contribution in [0.2, 0.25) is 0 Å². The van der Waals surface area contributed by atoms with Gasteiger partial charge in [-0.1, -0.05) is 41.6 Å². The molecule has 5 rings (SSSR count). The van der Waals surface area contributed by atoms with Crippen molar-refractivity contribution in [3.8, 4) is 0 Å². The molecule has 3 aliphatic heterocycles. The number of nitrogens with one attached hydrogen (secondary N) is 3. The third-order valence-corrected chi connectivity index (χ3v) is 6.04. The lowest BCUT2D eigenvalue weighted by Crippen LogP contribution is -2.44. The van der Waals surface area contributed by atoms with Crippen LogP contribution in [-0.2, 0) is 14.4 Å². The Kier molecular flexibility index (Phi) is 5.36. The predicted molar refractivity (Wildman–Crippen MR) is 123 cm³/mol. The summed E-state index contributed by atoms with van der Waals surface area (Å²) in [6, 6.07) is 15.3. The molecule has 2 aromatic carbocycles. The summed E-state index contributed by atoms with van der Waals surface area (Å²) in [6.07, 6.45) is 1.86. The molecule has 8 heteroatoms. The van der Waals surface area contributed by atoms with E-state index in [0.29, 0.717) is 17.0 Å². The first-order valence-corrected chi connectivity index (χ1v) is 10.8. The highest BCUT2D eigenvalue weighted by Gasteiger charge is 2.34. The Morgan fingerprint density at radius 1 is 1.06 bits per heavy atom. The van der Waals surface area contributed by atoms with E-state index in [1.165, 1.54) is 0 Å². The lowest BCUT2D eigenvalue weighted by molar-refractivity contribution is -0.126. The first-order chi connectivity index (χ1) is 15.6. The first kappa shape index (κ1) is 20.3.